The van der Waals surface area contributed by atoms with E-state index in [-0.39, 0.29) is 0 Å². The molecule has 0 spiro atoms. The van der Waals surface area contributed by atoms with Gasteiger partial charge in [-0.15, -0.1) is 0 Å². The number of benzene rings is 1. The van der Waals surface area contributed by atoms with Crippen molar-refractivity contribution in [2.45, 2.75) is 20.3 Å². The summed E-state index contributed by atoms with van der Waals surface area (Å²) in [6, 6.07) is 6.61. The van der Waals surface area contributed by atoms with E-state index in [9.17, 15) is 0 Å². The number of anilines is 2. The summed E-state index contributed by atoms with van der Waals surface area (Å²) in [4.78, 5) is 2.39. The number of ether oxygens (including phenoxy) is 1. The quantitative estimate of drug-likeness (QED) is 0.826. The van der Waals surface area contributed by atoms with Gasteiger partial charge in [0.05, 0.1) is 19.0 Å². The Morgan fingerprint density at radius 3 is 2.70 bits per heavy atom. The van der Waals surface area contributed by atoms with E-state index in [0.717, 1.165) is 45.1 Å². The van der Waals surface area contributed by atoms with Crippen molar-refractivity contribution in [1.82, 2.24) is 5.32 Å². The maximum absolute atomic E-state index is 5.39. The molecule has 2 heterocycles. The van der Waals surface area contributed by atoms with Gasteiger partial charge < -0.3 is 20.3 Å². The third-order valence-electron chi connectivity index (χ3n) is 3.48. The van der Waals surface area contributed by atoms with E-state index in [2.05, 4.69) is 40.3 Å². The van der Waals surface area contributed by atoms with Gasteiger partial charge in [0.1, 0.15) is 0 Å². The molecule has 0 radical (unpaired) electrons. The molecule has 0 bridgehead atoms. The molecule has 0 aliphatic carbocycles. The van der Waals surface area contributed by atoms with Gasteiger partial charge in [0, 0.05) is 31.0 Å². The van der Waals surface area contributed by atoms with Crippen LogP contribution in [0.1, 0.15) is 19.4 Å². The third-order valence-corrected chi connectivity index (χ3v) is 3.48. The minimum atomic E-state index is 0.827. The van der Waals surface area contributed by atoms with E-state index < -0.39 is 0 Å². The summed E-state index contributed by atoms with van der Waals surface area (Å²) in [5.41, 5.74) is 3.82. The maximum atomic E-state index is 5.39. The van der Waals surface area contributed by atoms with Crippen LogP contribution in [-0.2, 0) is 11.2 Å². The normalized spacial score (nSPS) is 17.9. The zero-order valence-electron chi connectivity index (χ0n) is 12.5. The monoisotopic (exact) mass is 275 g/mol. The number of hydrogen-bond donors (Lipinski definition) is 2. The van der Waals surface area contributed by atoms with Crippen molar-refractivity contribution >= 4 is 11.4 Å². The summed E-state index contributed by atoms with van der Waals surface area (Å²) in [5, 5.41) is 6.55. The molecular formula is C16H25N3O. The van der Waals surface area contributed by atoms with Gasteiger partial charge in [-0.3, -0.25) is 0 Å². The van der Waals surface area contributed by atoms with Crippen molar-refractivity contribution in [3.05, 3.63) is 36.2 Å². The first kappa shape index (κ1) is 14.7. The molecule has 1 saturated heterocycles. The van der Waals surface area contributed by atoms with Gasteiger partial charge >= 0.3 is 0 Å². The van der Waals surface area contributed by atoms with Crippen molar-refractivity contribution < 1.29 is 4.74 Å². The van der Waals surface area contributed by atoms with Gasteiger partial charge in [-0.1, -0.05) is 20.4 Å². The van der Waals surface area contributed by atoms with Crippen LogP contribution >= 0.6 is 0 Å². The lowest BCUT2D eigenvalue weighted by atomic mass is 10.1. The van der Waals surface area contributed by atoms with Crippen LogP contribution in [0, 0.1) is 0 Å². The molecule has 2 aliphatic rings. The van der Waals surface area contributed by atoms with Crippen molar-refractivity contribution in [3.8, 4) is 0 Å². The fraction of sp³-hybridized carbons (Fsp3) is 0.500. The van der Waals surface area contributed by atoms with Crippen LogP contribution in [0.4, 0.5) is 11.4 Å². The molecule has 1 fully saturated rings. The minimum Gasteiger partial charge on any atom is -0.378 e. The van der Waals surface area contributed by atoms with Crippen LogP contribution in [0.2, 0.25) is 0 Å². The topological polar surface area (TPSA) is 36.5 Å². The van der Waals surface area contributed by atoms with Crippen molar-refractivity contribution in [2.75, 3.05) is 43.1 Å². The van der Waals surface area contributed by atoms with Crippen molar-refractivity contribution in [2.24, 2.45) is 0 Å². The molecule has 4 heteroatoms. The van der Waals surface area contributed by atoms with Gasteiger partial charge in [0.25, 0.3) is 0 Å². The lowest BCUT2D eigenvalue weighted by Gasteiger charge is -2.29. The van der Waals surface area contributed by atoms with E-state index in [1.54, 1.807) is 0 Å². The Hall–Kier alpha value is -1.68. The second-order valence-electron chi connectivity index (χ2n) is 4.72. The number of rotatable bonds is 1. The fourth-order valence-corrected chi connectivity index (χ4v) is 2.48. The average molecular weight is 275 g/mol. The highest BCUT2D eigenvalue weighted by Crippen LogP contribution is 2.26. The van der Waals surface area contributed by atoms with Gasteiger partial charge in [0.2, 0.25) is 0 Å². The highest BCUT2D eigenvalue weighted by molar-refractivity contribution is 5.63. The number of morpholine rings is 1. The number of nitrogens with one attached hydrogen (secondary N) is 2. The molecule has 3 rings (SSSR count). The van der Waals surface area contributed by atoms with Crippen LogP contribution in [0.3, 0.4) is 0 Å². The molecule has 0 amide bonds. The third kappa shape index (κ3) is 3.45. The maximum Gasteiger partial charge on any atom is 0.0957 e. The number of hydrogen-bond acceptors (Lipinski definition) is 4. The lowest BCUT2D eigenvalue weighted by molar-refractivity contribution is 0.122. The predicted octanol–water partition coefficient (Wildman–Crippen LogP) is 2.58. The highest BCUT2D eigenvalue weighted by Gasteiger charge is 2.14. The summed E-state index contributed by atoms with van der Waals surface area (Å²) in [6.45, 7) is 12.5. The number of fused-ring (bicyclic) bond motifs is 1. The average Bonchev–Trinajstić information content (AvgIpc) is 2.70. The van der Waals surface area contributed by atoms with Crippen LogP contribution in [0.25, 0.3) is 0 Å². The molecule has 2 aliphatic heterocycles. The molecule has 0 unspecified atom stereocenters. The second kappa shape index (κ2) is 7.20. The van der Waals surface area contributed by atoms with Gasteiger partial charge in [-0.25, -0.2) is 0 Å². The summed E-state index contributed by atoms with van der Waals surface area (Å²) in [7, 11) is 0. The molecule has 0 saturated carbocycles. The predicted molar refractivity (Wildman–Crippen MR) is 85.3 cm³/mol. The van der Waals surface area contributed by atoms with E-state index in [1.165, 1.54) is 16.9 Å². The van der Waals surface area contributed by atoms with Gasteiger partial charge in [0.15, 0.2) is 0 Å². The molecule has 1 aromatic rings. The summed E-state index contributed by atoms with van der Waals surface area (Å²) >= 11 is 0. The first-order valence-electron chi connectivity index (χ1n) is 7.48. The van der Waals surface area contributed by atoms with Gasteiger partial charge in [-0.2, -0.15) is 0 Å². The van der Waals surface area contributed by atoms with Crippen LogP contribution < -0.4 is 15.5 Å². The fourth-order valence-electron chi connectivity index (χ4n) is 2.48. The summed E-state index contributed by atoms with van der Waals surface area (Å²) in [6.07, 6.45) is 1.03. The zero-order valence-corrected chi connectivity index (χ0v) is 12.5. The lowest BCUT2D eigenvalue weighted by Crippen LogP contribution is -2.36. The Morgan fingerprint density at radius 1 is 1.20 bits per heavy atom. The molecule has 110 valence electrons. The second-order valence-corrected chi connectivity index (χ2v) is 4.72. The van der Waals surface area contributed by atoms with Crippen molar-refractivity contribution in [1.29, 1.82) is 0 Å². The molecule has 2 N–H and O–H groups in total. The molecule has 0 aromatic heterocycles. The largest absolute Gasteiger partial charge is 0.378 e. The minimum absolute atomic E-state index is 0.827. The van der Waals surface area contributed by atoms with Crippen LogP contribution in [0.15, 0.2) is 30.6 Å². The smallest absolute Gasteiger partial charge is 0.0957 e. The van der Waals surface area contributed by atoms with Crippen molar-refractivity contribution in [3.63, 3.8) is 0 Å². The van der Waals surface area contributed by atoms with Gasteiger partial charge in [-0.05, 0) is 30.2 Å². The first-order valence-corrected chi connectivity index (χ1v) is 7.48. The highest BCUT2D eigenvalue weighted by atomic mass is 16.5. The standard InChI is InChI=1S/C14H19N3O.C2H6/c1-11-15-5-4-12-10-13(2-3-14(12)16-11)17-6-8-18-9-7-17;1-2/h2-3,10,15-16H,1,4-9H2;1-2H3. The Morgan fingerprint density at radius 2 is 1.95 bits per heavy atom. The molecular weight excluding hydrogens is 250 g/mol. The van der Waals surface area contributed by atoms with E-state index in [0.29, 0.717) is 0 Å². The molecule has 20 heavy (non-hydrogen) atoms. The Bertz CT molecular complexity index is 453. The summed E-state index contributed by atoms with van der Waals surface area (Å²) in [5.74, 6) is 0.882. The van der Waals surface area contributed by atoms with Crippen LogP contribution in [-0.4, -0.2) is 32.8 Å². The molecule has 4 nitrogen and oxygen atoms in total. The summed E-state index contributed by atoms with van der Waals surface area (Å²) < 4.78 is 5.39. The zero-order chi connectivity index (χ0) is 14.4. The van der Waals surface area contributed by atoms with E-state index in [1.807, 2.05) is 13.8 Å². The first-order chi connectivity index (χ1) is 9.83. The Labute approximate surface area is 121 Å². The van der Waals surface area contributed by atoms with Crippen LogP contribution in [0.5, 0.6) is 0 Å². The van der Waals surface area contributed by atoms with E-state index in [4.69, 9.17) is 4.74 Å². The molecule has 0 atom stereocenters. The Kier molecular flexibility index (Phi) is 5.30. The SMILES string of the molecule is C=C1NCCc2cc(N3CCOCC3)ccc2N1.CC. The number of nitrogens with zero attached hydrogens (tertiary/aromatic N) is 1. The molecule has 1 aromatic carbocycles. The van der Waals surface area contributed by atoms with E-state index >= 15 is 0 Å². The Balaban J connectivity index is 0.000000704.